The predicted octanol–water partition coefficient (Wildman–Crippen LogP) is 1.81. The van der Waals surface area contributed by atoms with Crippen molar-refractivity contribution >= 4 is 6.08 Å². The molecule has 0 radical (unpaired) electrons. The number of rotatable bonds is 2. The molecule has 1 aromatic rings. The summed E-state index contributed by atoms with van der Waals surface area (Å²) in [5, 5.41) is 18.4. The fraction of sp³-hybridized carbons (Fsp3) is 0. The first-order chi connectivity index (χ1) is 6.22. The van der Waals surface area contributed by atoms with Crippen molar-refractivity contribution in [3.63, 3.8) is 0 Å². The Kier molecular flexibility index (Phi) is 2.77. The van der Waals surface area contributed by atoms with Crippen molar-refractivity contribution < 1.29 is 4.92 Å². The molecule has 0 aliphatic rings. The normalized spacial score (nSPS) is 9.77. The Hall–Kier alpha value is -2.15. The van der Waals surface area contributed by atoms with Gasteiger partial charge in [-0.15, -0.1) is 0 Å². The topological polar surface area (TPSA) is 66.9 Å². The fourth-order valence-electron chi connectivity index (χ4n) is 0.816. The van der Waals surface area contributed by atoms with E-state index in [-0.39, 0.29) is 0 Å². The van der Waals surface area contributed by atoms with Crippen LogP contribution < -0.4 is 0 Å². The molecule has 0 heterocycles. The molecule has 0 unspecified atom stereocenters. The van der Waals surface area contributed by atoms with Gasteiger partial charge in [-0.25, -0.2) is 0 Å². The molecule has 4 heteroatoms. The van der Waals surface area contributed by atoms with Crippen molar-refractivity contribution in [2.45, 2.75) is 0 Å². The minimum absolute atomic E-state index is 0.530. The predicted molar refractivity (Wildman–Crippen MR) is 47.2 cm³/mol. The van der Waals surface area contributed by atoms with Crippen LogP contribution in [0.1, 0.15) is 11.1 Å². The zero-order chi connectivity index (χ0) is 9.68. The van der Waals surface area contributed by atoms with Gasteiger partial charge in [0.15, 0.2) is 0 Å². The Balaban J connectivity index is 2.82. The van der Waals surface area contributed by atoms with Crippen LogP contribution in [0, 0.1) is 21.4 Å². The van der Waals surface area contributed by atoms with Gasteiger partial charge in [0.2, 0.25) is 6.20 Å². The summed E-state index contributed by atoms with van der Waals surface area (Å²) in [6.45, 7) is 0. The van der Waals surface area contributed by atoms with Gasteiger partial charge in [-0.05, 0) is 17.7 Å². The van der Waals surface area contributed by atoms with E-state index in [0.717, 1.165) is 6.20 Å². The lowest BCUT2D eigenvalue weighted by atomic mass is 10.1. The zero-order valence-corrected chi connectivity index (χ0v) is 6.68. The number of nitro groups is 1. The lowest BCUT2D eigenvalue weighted by Gasteiger charge is -1.90. The van der Waals surface area contributed by atoms with Crippen molar-refractivity contribution in [1.29, 1.82) is 5.26 Å². The summed E-state index contributed by atoms with van der Waals surface area (Å²) in [5.74, 6) is 0. The molecule has 0 spiro atoms. The minimum Gasteiger partial charge on any atom is -0.259 e. The second kappa shape index (κ2) is 4.02. The number of nitriles is 1. The Morgan fingerprint density at radius 1 is 1.38 bits per heavy atom. The van der Waals surface area contributed by atoms with Gasteiger partial charge in [-0.3, -0.25) is 10.1 Å². The highest BCUT2D eigenvalue weighted by Crippen LogP contribution is 2.04. The SMILES string of the molecule is N#Cc1ccc(/C=C\[N+](=O)[O-])cc1. The molecule has 0 saturated carbocycles. The summed E-state index contributed by atoms with van der Waals surface area (Å²) in [5.41, 5.74) is 1.24. The summed E-state index contributed by atoms with van der Waals surface area (Å²) in [7, 11) is 0. The van der Waals surface area contributed by atoms with E-state index in [0.29, 0.717) is 11.1 Å². The molecule has 0 fully saturated rings. The molecule has 0 amide bonds. The standard InChI is InChI=1S/C9H6N2O2/c10-7-9-3-1-8(2-4-9)5-6-11(12)13/h1-6H/b6-5-. The molecule has 4 nitrogen and oxygen atoms in total. The molecule has 64 valence electrons. The molecule has 1 rings (SSSR count). The molecule has 0 bridgehead atoms. The maximum Gasteiger partial charge on any atom is 0.235 e. The molecule has 0 aromatic heterocycles. The number of benzene rings is 1. The third-order valence-electron chi connectivity index (χ3n) is 1.43. The Morgan fingerprint density at radius 2 is 2.00 bits per heavy atom. The summed E-state index contributed by atoms with van der Waals surface area (Å²) < 4.78 is 0. The van der Waals surface area contributed by atoms with Crippen LogP contribution >= 0.6 is 0 Å². The highest BCUT2D eigenvalue weighted by atomic mass is 16.6. The van der Waals surface area contributed by atoms with Gasteiger partial charge >= 0.3 is 0 Å². The lowest BCUT2D eigenvalue weighted by molar-refractivity contribution is -0.400. The fourth-order valence-corrected chi connectivity index (χ4v) is 0.816. The Labute approximate surface area is 74.9 Å². The van der Waals surface area contributed by atoms with E-state index < -0.39 is 4.92 Å². The molecular weight excluding hydrogens is 168 g/mol. The molecule has 0 aliphatic heterocycles. The highest BCUT2D eigenvalue weighted by molar-refractivity contribution is 5.49. The molecule has 0 saturated heterocycles. The van der Waals surface area contributed by atoms with E-state index >= 15 is 0 Å². The smallest absolute Gasteiger partial charge is 0.235 e. The molecule has 0 N–H and O–H groups in total. The summed E-state index contributed by atoms with van der Waals surface area (Å²) in [4.78, 5) is 9.43. The molecule has 13 heavy (non-hydrogen) atoms. The van der Waals surface area contributed by atoms with Crippen LogP contribution in [0.2, 0.25) is 0 Å². The van der Waals surface area contributed by atoms with Gasteiger partial charge in [0.05, 0.1) is 16.6 Å². The highest BCUT2D eigenvalue weighted by Gasteiger charge is 1.91. The van der Waals surface area contributed by atoms with Gasteiger partial charge in [-0.2, -0.15) is 5.26 Å². The van der Waals surface area contributed by atoms with Crippen LogP contribution in [0.4, 0.5) is 0 Å². The van der Waals surface area contributed by atoms with Crippen LogP contribution in [-0.2, 0) is 0 Å². The van der Waals surface area contributed by atoms with Gasteiger partial charge in [0, 0.05) is 6.08 Å². The summed E-state index contributed by atoms with van der Waals surface area (Å²) >= 11 is 0. The van der Waals surface area contributed by atoms with Gasteiger partial charge in [-0.1, -0.05) is 12.1 Å². The molecule has 0 atom stereocenters. The van der Waals surface area contributed by atoms with Crippen LogP contribution in [0.25, 0.3) is 6.08 Å². The zero-order valence-electron chi connectivity index (χ0n) is 6.68. The number of hydrogen-bond donors (Lipinski definition) is 0. The second-order valence-electron chi connectivity index (χ2n) is 2.33. The number of nitrogens with zero attached hydrogens (tertiary/aromatic N) is 2. The van der Waals surface area contributed by atoms with Crippen molar-refractivity contribution in [2.75, 3.05) is 0 Å². The third-order valence-corrected chi connectivity index (χ3v) is 1.43. The third kappa shape index (κ3) is 2.75. The van der Waals surface area contributed by atoms with Crippen molar-refractivity contribution in [1.82, 2.24) is 0 Å². The first kappa shape index (κ1) is 8.94. The molecular formula is C9H6N2O2. The Morgan fingerprint density at radius 3 is 2.46 bits per heavy atom. The van der Waals surface area contributed by atoms with E-state index in [1.807, 2.05) is 6.07 Å². The molecule has 0 aliphatic carbocycles. The maximum atomic E-state index is 9.96. The first-order valence-electron chi connectivity index (χ1n) is 3.54. The van der Waals surface area contributed by atoms with E-state index in [9.17, 15) is 10.1 Å². The summed E-state index contributed by atoms with van der Waals surface area (Å²) in [6, 6.07) is 8.49. The lowest BCUT2D eigenvalue weighted by Crippen LogP contribution is -1.82. The minimum atomic E-state index is -0.530. The van der Waals surface area contributed by atoms with Gasteiger partial charge in [0.1, 0.15) is 0 Å². The average Bonchev–Trinajstić information content (AvgIpc) is 2.15. The second-order valence-corrected chi connectivity index (χ2v) is 2.33. The summed E-state index contributed by atoms with van der Waals surface area (Å²) in [6.07, 6.45) is 2.24. The van der Waals surface area contributed by atoms with Crippen molar-refractivity contribution in [3.05, 3.63) is 51.7 Å². The van der Waals surface area contributed by atoms with E-state index in [1.165, 1.54) is 6.08 Å². The van der Waals surface area contributed by atoms with Crippen LogP contribution in [0.15, 0.2) is 30.5 Å². The largest absolute Gasteiger partial charge is 0.259 e. The van der Waals surface area contributed by atoms with E-state index in [4.69, 9.17) is 5.26 Å². The quantitative estimate of drug-likeness (QED) is 0.507. The van der Waals surface area contributed by atoms with Crippen LogP contribution in [-0.4, -0.2) is 4.92 Å². The van der Waals surface area contributed by atoms with Crippen molar-refractivity contribution in [3.8, 4) is 6.07 Å². The van der Waals surface area contributed by atoms with Gasteiger partial charge in [0.25, 0.3) is 0 Å². The van der Waals surface area contributed by atoms with Crippen molar-refractivity contribution in [2.24, 2.45) is 0 Å². The van der Waals surface area contributed by atoms with E-state index in [2.05, 4.69) is 0 Å². The Bertz CT molecular complexity index is 374. The monoisotopic (exact) mass is 174 g/mol. The number of hydrogen-bond acceptors (Lipinski definition) is 3. The maximum absolute atomic E-state index is 9.96. The van der Waals surface area contributed by atoms with E-state index in [1.54, 1.807) is 24.3 Å². The first-order valence-corrected chi connectivity index (χ1v) is 3.54. The van der Waals surface area contributed by atoms with Gasteiger partial charge < -0.3 is 0 Å². The average molecular weight is 174 g/mol. The molecule has 1 aromatic carbocycles. The van der Waals surface area contributed by atoms with Crippen LogP contribution in [0.3, 0.4) is 0 Å². The van der Waals surface area contributed by atoms with Crippen LogP contribution in [0.5, 0.6) is 0 Å².